The summed E-state index contributed by atoms with van der Waals surface area (Å²) in [6, 6.07) is 17.3. The molecule has 2 aromatic carbocycles. The van der Waals surface area contributed by atoms with E-state index in [0.717, 1.165) is 16.0 Å². The molecule has 0 aliphatic carbocycles. The Labute approximate surface area is 120 Å². The van der Waals surface area contributed by atoms with Gasteiger partial charge in [-0.25, -0.2) is 4.39 Å². The molecule has 0 spiro atoms. The van der Waals surface area contributed by atoms with Gasteiger partial charge in [-0.3, -0.25) is 0 Å². The second-order valence-corrected chi connectivity index (χ2v) is 5.71. The summed E-state index contributed by atoms with van der Waals surface area (Å²) < 4.78 is 13.5. The predicted octanol–water partition coefficient (Wildman–Crippen LogP) is 5.10. The van der Waals surface area contributed by atoms with E-state index >= 15 is 0 Å². The van der Waals surface area contributed by atoms with Crippen molar-refractivity contribution >= 4 is 27.7 Å². The summed E-state index contributed by atoms with van der Waals surface area (Å²) >= 11 is 5.11. The minimum atomic E-state index is -0.135. The van der Waals surface area contributed by atoms with Gasteiger partial charge in [0.05, 0.1) is 0 Å². The van der Waals surface area contributed by atoms with Gasteiger partial charge in [-0.2, -0.15) is 0 Å². The van der Waals surface area contributed by atoms with Gasteiger partial charge < -0.3 is 0 Å². The van der Waals surface area contributed by atoms with Gasteiger partial charge in [0.25, 0.3) is 0 Å². The van der Waals surface area contributed by atoms with Gasteiger partial charge in [0.2, 0.25) is 0 Å². The molecule has 0 saturated carbocycles. The summed E-state index contributed by atoms with van der Waals surface area (Å²) in [7, 11) is 0. The molecule has 2 rings (SSSR count). The Morgan fingerprint density at radius 2 is 1.67 bits per heavy atom. The molecule has 1 unspecified atom stereocenters. The van der Waals surface area contributed by atoms with Crippen LogP contribution in [0.2, 0.25) is 0 Å². The Kier molecular flexibility index (Phi) is 5.26. The maximum Gasteiger partial charge on any atom is 0.136 e. The average Bonchev–Trinajstić information content (AvgIpc) is 2.42. The van der Waals surface area contributed by atoms with E-state index in [-0.39, 0.29) is 5.82 Å². The normalized spacial score (nSPS) is 12.3. The van der Waals surface area contributed by atoms with E-state index in [1.807, 2.05) is 30.3 Å². The fourth-order valence-electron chi connectivity index (χ4n) is 1.71. The highest BCUT2D eigenvalue weighted by atomic mass is 79.9. The molecule has 0 radical (unpaired) electrons. The van der Waals surface area contributed by atoms with Crippen molar-refractivity contribution in [2.75, 3.05) is 11.1 Å². The van der Waals surface area contributed by atoms with Crippen molar-refractivity contribution in [3.8, 4) is 0 Å². The van der Waals surface area contributed by atoms with E-state index in [1.165, 1.54) is 11.6 Å². The van der Waals surface area contributed by atoms with Crippen LogP contribution in [0.1, 0.15) is 11.5 Å². The number of alkyl halides is 1. The SMILES string of the molecule is Fc1ccccc1SCC(CBr)c1ccccc1. The third-order valence-electron chi connectivity index (χ3n) is 2.73. The standard InChI is InChI=1S/C15H14BrFS/c16-10-13(12-6-2-1-3-7-12)11-18-15-9-5-4-8-14(15)17/h1-9,13H,10-11H2. The van der Waals surface area contributed by atoms with E-state index in [9.17, 15) is 4.39 Å². The zero-order valence-electron chi connectivity index (χ0n) is 9.85. The number of hydrogen-bond donors (Lipinski definition) is 0. The lowest BCUT2D eigenvalue weighted by Crippen LogP contribution is -2.03. The van der Waals surface area contributed by atoms with Gasteiger partial charge in [0, 0.05) is 21.9 Å². The van der Waals surface area contributed by atoms with Crippen LogP contribution in [0, 0.1) is 5.82 Å². The number of halogens is 2. The van der Waals surface area contributed by atoms with Crippen molar-refractivity contribution in [1.29, 1.82) is 0 Å². The molecule has 0 bridgehead atoms. The first kappa shape index (κ1) is 13.6. The molecule has 0 aromatic heterocycles. The van der Waals surface area contributed by atoms with Crippen LogP contribution >= 0.6 is 27.7 Å². The van der Waals surface area contributed by atoms with Gasteiger partial charge in [-0.15, -0.1) is 11.8 Å². The summed E-state index contributed by atoms with van der Waals surface area (Å²) in [5.74, 6) is 1.13. The van der Waals surface area contributed by atoms with Crippen LogP contribution in [0.15, 0.2) is 59.5 Å². The molecule has 0 nitrogen and oxygen atoms in total. The first-order valence-corrected chi connectivity index (χ1v) is 7.90. The second-order valence-electron chi connectivity index (χ2n) is 4.00. The lowest BCUT2D eigenvalue weighted by molar-refractivity contribution is 0.602. The monoisotopic (exact) mass is 324 g/mol. The Morgan fingerprint density at radius 3 is 2.33 bits per heavy atom. The molecular formula is C15H14BrFS. The van der Waals surface area contributed by atoms with Crippen LogP contribution in [-0.2, 0) is 0 Å². The van der Waals surface area contributed by atoms with Gasteiger partial charge >= 0.3 is 0 Å². The largest absolute Gasteiger partial charge is 0.206 e. The van der Waals surface area contributed by atoms with Crippen LogP contribution in [0.3, 0.4) is 0 Å². The molecule has 0 fully saturated rings. The van der Waals surface area contributed by atoms with Gasteiger partial charge in [-0.1, -0.05) is 58.4 Å². The number of rotatable bonds is 5. The van der Waals surface area contributed by atoms with Crippen molar-refractivity contribution < 1.29 is 4.39 Å². The van der Waals surface area contributed by atoms with Crippen LogP contribution in [0.4, 0.5) is 4.39 Å². The molecule has 2 aromatic rings. The Bertz CT molecular complexity index is 487. The Hall–Kier alpha value is -0.800. The maximum atomic E-state index is 13.5. The molecule has 1 atom stereocenters. The molecule has 94 valence electrons. The van der Waals surface area contributed by atoms with Gasteiger partial charge in [0.15, 0.2) is 0 Å². The molecule has 0 N–H and O–H groups in total. The van der Waals surface area contributed by atoms with E-state index in [1.54, 1.807) is 17.8 Å². The smallest absolute Gasteiger partial charge is 0.136 e. The molecule has 3 heteroatoms. The summed E-state index contributed by atoms with van der Waals surface area (Å²) in [5.41, 5.74) is 1.29. The van der Waals surface area contributed by atoms with Crippen molar-refractivity contribution in [2.24, 2.45) is 0 Å². The zero-order valence-corrected chi connectivity index (χ0v) is 12.3. The molecule has 0 amide bonds. The molecule has 0 aliphatic rings. The van der Waals surface area contributed by atoms with Gasteiger partial charge in [0.1, 0.15) is 5.82 Å². The summed E-state index contributed by atoms with van der Waals surface area (Å²) in [4.78, 5) is 0.722. The summed E-state index contributed by atoms with van der Waals surface area (Å²) in [5, 5.41) is 0.887. The minimum absolute atomic E-state index is 0.135. The quantitative estimate of drug-likeness (QED) is 0.545. The van der Waals surface area contributed by atoms with E-state index in [2.05, 4.69) is 28.1 Å². The van der Waals surface area contributed by atoms with Crippen LogP contribution in [0.25, 0.3) is 0 Å². The maximum absolute atomic E-state index is 13.5. The Balaban J connectivity index is 2.02. The lowest BCUT2D eigenvalue weighted by Gasteiger charge is -2.14. The third-order valence-corrected chi connectivity index (χ3v) is 4.73. The van der Waals surface area contributed by atoms with E-state index in [4.69, 9.17) is 0 Å². The second kappa shape index (κ2) is 6.95. The van der Waals surface area contributed by atoms with Crippen LogP contribution < -0.4 is 0 Å². The number of hydrogen-bond acceptors (Lipinski definition) is 1. The number of thioether (sulfide) groups is 1. The molecule has 0 heterocycles. The molecule has 0 saturated heterocycles. The summed E-state index contributed by atoms with van der Waals surface area (Å²) in [6.45, 7) is 0. The number of benzene rings is 2. The topological polar surface area (TPSA) is 0 Å². The van der Waals surface area contributed by atoms with Crippen LogP contribution in [0.5, 0.6) is 0 Å². The first-order valence-electron chi connectivity index (χ1n) is 5.79. The van der Waals surface area contributed by atoms with E-state index in [0.29, 0.717) is 5.92 Å². The summed E-state index contributed by atoms with van der Waals surface area (Å²) in [6.07, 6.45) is 0. The molecule has 0 aliphatic heterocycles. The zero-order chi connectivity index (χ0) is 12.8. The highest BCUT2D eigenvalue weighted by Crippen LogP contribution is 2.29. The van der Waals surface area contributed by atoms with Crippen molar-refractivity contribution in [2.45, 2.75) is 10.8 Å². The van der Waals surface area contributed by atoms with Crippen molar-refractivity contribution in [1.82, 2.24) is 0 Å². The molecule has 18 heavy (non-hydrogen) atoms. The fraction of sp³-hybridized carbons (Fsp3) is 0.200. The Morgan fingerprint density at radius 1 is 1.00 bits per heavy atom. The third kappa shape index (κ3) is 3.59. The van der Waals surface area contributed by atoms with Crippen molar-refractivity contribution in [3.63, 3.8) is 0 Å². The van der Waals surface area contributed by atoms with Gasteiger partial charge in [-0.05, 0) is 17.7 Å². The predicted molar refractivity (Wildman–Crippen MR) is 80.1 cm³/mol. The first-order chi connectivity index (χ1) is 8.81. The molecular weight excluding hydrogens is 311 g/mol. The highest BCUT2D eigenvalue weighted by molar-refractivity contribution is 9.09. The highest BCUT2D eigenvalue weighted by Gasteiger charge is 2.11. The van der Waals surface area contributed by atoms with E-state index < -0.39 is 0 Å². The fourth-order valence-corrected chi connectivity index (χ4v) is 3.68. The lowest BCUT2D eigenvalue weighted by atomic mass is 10.0. The van der Waals surface area contributed by atoms with Crippen molar-refractivity contribution in [3.05, 3.63) is 66.0 Å². The average molecular weight is 325 g/mol. The minimum Gasteiger partial charge on any atom is -0.206 e. The van der Waals surface area contributed by atoms with Crippen LogP contribution in [-0.4, -0.2) is 11.1 Å².